The fraction of sp³-hybridized carbons (Fsp3) is 0.231. The summed E-state index contributed by atoms with van der Waals surface area (Å²) in [6.45, 7) is 1.98. The van der Waals surface area contributed by atoms with E-state index >= 15 is 0 Å². The van der Waals surface area contributed by atoms with Crippen molar-refractivity contribution in [1.82, 2.24) is 9.97 Å². The minimum absolute atomic E-state index is 0.0304. The average molecular weight is 454 g/mol. The van der Waals surface area contributed by atoms with Crippen molar-refractivity contribution in [3.8, 4) is 11.4 Å². The zero-order valence-corrected chi connectivity index (χ0v) is 14.5. The van der Waals surface area contributed by atoms with E-state index in [0.717, 1.165) is 21.8 Å². The second-order valence-corrected chi connectivity index (χ2v) is 5.85. The molecule has 2 aromatic rings. The van der Waals surface area contributed by atoms with Gasteiger partial charge in [-0.15, -0.1) is 0 Å². The molecule has 0 amide bonds. The SMILES string of the molecule is CCc1nc(-c2ccc(F)c(F)c2Br)nc(NC)c1I. The molecule has 0 fully saturated rings. The molecule has 2 rings (SSSR count). The quantitative estimate of drug-likeness (QED) is 0.553. The molecular formula is C13H11BrF2IN3. The van der Waals surface area contributed by atoms with Gasteiger partial charge in [0.2, 0.25) is 0 Å². The molecule has 0 atom stereocenters. The summed E-state index contributed by atoms with van der Waals surface area (Å²) in [5.41, 5.74) is 1.28. The molecule has 0 aliphatic rings. The number of anilines is 1. The maximum atomic E-state index is 13.6. The molecule has 0 aliphatic heterocycles. The van der Waals surface area contributed by atoms with Gasteiger partial charge in [-0.1, -0.05) is 6.92 Å². The van der Waals surface area contributed by atoms with Crippen molar-refractivity contribution in [1.29, 1.82) is 0 Å². The van der Waals surface area contributed by atoms with Gasteiger partial charge in [0.05, 0.1) is 13.7 Å². The molecule has 0 bridgehead atoms. The van der Waals surface area contributed by atoms with Crippen molar-refractivity contribution < 1.29 is 8.78 Å². The van der Waals surface area contributed by atoms with E-state index in [1.54, 1.807) is 7.05 Å². The van der Waals surface area contributed by atoms with Crippen LogP contribution in [0.1, 0.15) is 12.6 Å². The van der Waals surface area contributed by atoms with Gasteiger partial charge >= 0.3 is 0 Å². The largest absolute Gasteiger partial charge is 0.372 e. The molecule has 1 aromatic heterocycles. The van der Waals surface area contributed by atoms with Crippen LogP contribution in [0, 0.1) is 15.2 Å². The predicted molar refractivity (Wildman–Crippen MR) is 86.7 cm³/mol. The standard InChI is InChI=1S/C13H11BrF2IN3/c1-3-8-11(17)13(18-2)20-12(19-8)6-4-5-7(15)10(16)9(6)14/h4-5H,3H2,1-2H3,(H,18,19,20). The second kappa shape index (κ2) is 6.30. The van der Waals surface area contributed by atoms with Gasteiger partial charge in [0.25, 0.3) is 0 Å². The summed E-state index contributed by atoms with van der Waals surface area (Å²) in [6.07, 6.45) is 0.726. The lowest BCUT2D eigenvalue weighted by molar-refractivity contribution is 0.504. The Kier molecular flexibility index (Phi) is 4.90. The molecule has 1 aromatic carbocycles. The number of hydrogen-bond acceptors (Lipinski definition) is 3. The van der Waals surface area contributed by atoms with Crippen LogP contribution in [-0.2, 0) is 6.42 Å². The van der Waals surface area contributed by atoms with Crippen LogP contribution in [0.15, 0.2) is 16.6 Å². The number of benzene rings is 1. The van der Waals surface area contributed by atoms with Crippen LogP contribution in [0.3, 0.4) is 0 Å². The van der Waals surface area contributed by atoms with Crippen LogP contribution in [0.5, 0.6) is 0 Å². The van der Waals surface area contributed by atoms with E-state index in [0.29, 0.717) is 17.2 Å². The number of nitrogens with zero attached hydrogens (tertiary/aromatic N) is 2. The molecule has 0 radical (unpaired) electrons. The average Bonchev–Trinajstić information content (AvgIpc) is 2.45. The highest BCUT2D eigenvalue weighted by Crippen LogP contribution is 2.31. The van der Waals surface area contributed by atoms with Crippen LogP contribution in [-0.4, -0.2) is 17.0 Å². The van der Waals surface area contributed by atoms with E-state index in [2.05, 4.69) is 53.8 Å². The van der Waals surface area contributed by atoms with Crippen molar-refractivity contribution in [2.75, 3.05) is 12.4 Å². The van der Waals surface area contributed by atoms with Gasteiger partial charge < -0.3 is 5.32 Å². The molecule has 0 saturated carbocycles. The predicted octanol–water partition coefficient (Wildman–Crippen LogP) is 4.39. The zero-order valence-electron chi connectivity index (χ0n) is 10.8. The minimum Gasteiger partial charge on any atom is -0.372 e. The Morgan fingerprint density at radius 2 is 2.00 bits per heavy atom. The summed E-state index contributed by atoms with van der Waals surface area (Å²) in [4.78, 5) is 8.78. The van der Waals surface area contributed by atoms with E-state index in [1.165, 1.54) is 6.07 Å². The smallest absolute Gasteiger partial charge is 0.173 e. The van der Waals surface area contributed by atoms with Gasteiger partial charge in [-0.2, -0.15) is 0 Å². The normalized spacial score (nSPS) is 10.7. The number of nitrogens with one attached hydrogen (secondary N) is 1. The molecule has 0 spiro atoms. The lowest BCUT2D eigenvalue weighted by Gasteiger charge is -2.11. The first kappa shape index (κ1) is 15.6. The number of hydrogen-bond donors (Lipinski definition) is 1. The number of aryl methyl sites for hydroxylation is 1. The molecule has 0 aliphatic carbocycles. The molecule has 0 unspecified atom stereocenters. The highest BCUT2D eigenvalue weighted by atomic mass is 127. The highest BCUT2D eigenvalue weighted by Gasteiger charge is 2.17. The highest BCUT2D eigenvalue weighted by molar-refractivity contribution is 14.1. The van der Waals surface area contributed by atoms with Gasteiger partial charge in [-0.05, 0) is 57.1 Å². The Morgan fingerprint density at radius 3 is 2.60 bits per heavy atom. The fourth-order valence-electron chi connectivity index (χ4n) is 1.71. The van der Waals surface area contributed by atoms with Crippen LogP contribution in [0.4, 0.5) is 14.6 Å². The van der Waals surface area contributed by atoms with E-state index in [9.17, 15) is 8.78 Å². The van der Waals surface area contributed by atoms with Gasteiger partial charge in [-0.3, -0.25) is 0 Å². The van der Waals surface area contributed by atoms with Crippen molar-refractivity contribution in [2.24, 2.45) is 0 Å². The number of rotatable bonds is 3. The first-order chi connectivity index (χ1) is 9.49. The minimum atomic E-state index is -0.936. The molecule has 1 N–H and O–H groups in total. The Morgan fingerprint density at radius 1 is 1.30 bits per heavy atom. The van der Waals surface area contributed by atoms with E-state index in [1.807, 2.05) is 6.92 Å². The molecule has 106 valence electrons. The van der Waals surface area contributed by atoms with Crippen molar-refractivity contribution in [3.05, 3.63) is 37.5 Å². The molecule has 20 heavy (non-hydrogen) atoms. The molecule has 1 heterocycles. The van der Waals surface area contributed by atoms with Crippen molar-refractivity contribution >= 4 is 44.3 Å². The number of aromatic nitrogens is 2. The maximum Gasteiger partial charge on any atom is 0.173 e. The van der Waals surface area contributed by atoms with E-state index in [4.69, 9.17) is 0 Å². The molecule has 0 saturated heterocycles. The Labute approximate surface area is 137 Å². The van der Waals surface area contributed by atoms with Crippen molar-refractivity contribution in [2.45, 2.75) is 13.3 Å². The van der Waals surface area contributed by atoms with Crippen LogP contribution in [0.2, 0.25) is 0 Å². The topological polar surface area (TPSA) is 37.8 Å². The van der Waals surface area contributed by atoms with Gasteiger partial charge in [0.1, 0.15) is 5.82 Å². The van der Waals surface area contributed by atoms with E-state index in [-0.39, 0.29) is 4.47 Å². The third-order valence-electron chi connectivity index (χ3n) is 2.77. The molecule has 7 heteroatoms. The van der Waals surface area contributed by atoms with Crippen LogP contribution in [0.25, 0.3) is 11.4 Å². The van der Waals surface area contributed by atoms with Crippen LogP contribution < -0.4 is 5.32 Å². The maximum absolute atomic E-state index is 13.6. The van der Waals surface area contributed by atoms with Gasteiger partial charge in [0.15, 0.2) is 17.5 Å². The number of halogens is 4. The van der Waals surface area contributed by atoms with Crippen molar-refractivity contribution in [3.63, 3.8) is 0 Å². The molecular weight excluding hydrogens is 443 g/mol. The Bertz CT molecular complexity index is 639. The summed E-state index contributed by atoms with van der Waals surface area (Å²) in [7, 11) is 1.76. The Hall–Kier alpha value is -0.830. The summed E-state index contributed by atoms with van der Waals surface area (Å²) in [5, 5.41) is 2.98. The first-order valence-electron chi connectivity index (χ1n) is 5.87. The lowest BCUT2D eigenvalue weighted by Crippen LogP contribution is -2.05. The Balaban J connectivity index is 2.67. The summed E-state index contributed by atoms with van der Waals surface area (Å²) >= 11 is 5.23. The summed E-state index contributed by atoms with van der Waals surface area (Å²) in [6, 6.07) is 2.53. The van der Waals surface area contributed by atoms with E-state index < -0.39 is 11.6 Å². The summed E-state index contributed by atoms with van der Waals surface area (Å²) < 4.78 is 27.8. The zero-order chi connectivity index (χ0) is 14.9. The van der Waals surface area contributed by atoms with Gasteiger partial charge in [0, 0.05) is 12.6 Å². The lowest BCUT2D eigenvalue weighted by atomic mass is 10.2. The fourth-order valence-corrected chi connectivity index (χ4v) is 3.10. The molecule has 3 nitrogen and oxygen atoms in total. The summed E-state index contributed by atoms with van der Waals surface area (Å²) in [5.74, 6) is -0.814. The first-order valence-corrected chi connectivity index (χ1v) is 7.74. The third kappa shape index (κ3) is 2.78. The second-order valence-electron chi connectivity index (χ2n) is 3.98. The third-order valence-corrected chi connectivity index (χ3v) is 4.68. The van der Waals surface area contributed by atoms with Gasteiger partial charge in [-0.25, -0.2) is 18.7 Å². The van der Waals surface area contributed by atoms with Crippen LogP contribution >= 0.6 is 38.5 Å². The monoisotopic (exact) mass is 453 g/mol.